The fourth-order valence-corrected chi connectivity index (χ4v) is 3.31. The molecule has 2 unspecified atom stereocenters. The Hall–Kier alpha value is -1.43. The Kier molecular flexibility index (Phi) is 4.75. The van der Waals surface area contributed by atoms with Crippen LogP contribution in [0.2, 0.25) is 0 Å². The maximum atomic E-state index is 10.9. The van der Waals surface area contributed by atoms with E-state index in [1.165, 1.54) is 5.56 Å². The van der Waals surface area contributed by atoms with E-state index in [1.54, 1.807) is 0 Å². The number of quaternary nitrogens is 1. The highest BCUT2D eigenvalue weighted by Gasteiger charge is 2.45. The summed E-state index contributed by atoms with van der Waals surface area (Å²) < 4.78 is 0.628. The quantitative estimate of drug-likeness (QED) is 0.760. The zero-order valence-electron chi connectivity index (χ0n) is 11.9. The van der Waals surface area contributed by atoms with Crippen LogP contribution < -0.4 is 0 Å². The average Bonchev–Trinajstić information content (AvgIpc) is 2.75. The molecule has 20 heavy (non-hydrogen) atoms. The molecule has 2 atom stereocenters. The molecule has 0 aliphatic carbocycles. The van der Waals surface area contributed by atoms with Gasteiger partial charge in [-0.2, -0.15) is 0 Å². The summed E-state index contributed by atoms with van der Waals surface area (Å²) in [6, 6.07) is 10.2. The lowest BCUT2D eigenvalue weighted by molar-refractivity contribution is -0.950. The first-order valence-electron chi connectivity index (χ1n) is 7.03. The van der Waals surface area contributed by atoms with Gasteiger partial charge in [0.1, 0.15) is 6.54 Å². The Balaban J connectivity index is 2.30. The minimum absolute atomic E-state index is 0.0802. The van der Waals surface area contributed by atoms with Gasteiger partial charge in [0, 0.05) is 5.56 Å². The molecule has 5 heteroatoms. The zero-order valence-corrected chi connectivity index (χ0v) is 11.9. The molecule has 0 saturated carbocycles. The van der Waals surface area contributed by atoms with Crippen molar-refractivity contribution in [2.45, 2.75) is 12.6 Å². The Morgan fingerprint density at radius 2 is 2.05 bits per heavy atom. The van der Waals surface area contributed by atoms with Crippen LogP contribution in [0, 0.1) is 0 Å². The number of carboxylic acid groups (broad SMARTS) is 1. The van der Waals surface area contributed by atoms with Gasteiger partial charge in [0.25, 0.3) is 0 Å². The topological polar surface area (TPSA) is 60.8 Å². The van der Waals surface area contributed by atoms with Crippen LogP contribution in [0.5, 0.6) is 0 Å². The largest absolute Gasteiger partial charge is 0.481 e. The number of carboxylic acids is 1. The predicted molar refractivity (Wildman–Crippen MR) is 76.0 cm³/mol. The normalized spacial score (nSPS) is 26.8. The summed E-state index contributed by atoms with van der Waals surface area (Å²) in [5.41, 5.74) is 1.19. The molecule has 2 N–H and O–H groups in total. The van der Waals surface area contributed by atoms with Crippen LogP contribution in [0.15, 0.2) is 30.3 Å². The van der Waals surface area contributed by atoms with Crippen LogP contribution in [0.1, 0.15) is 18.2 Å². The van der Waals surface area contributed by atoms with E-state index in [9.17, 15) is 9.90 Å². The van der Waals surface area contributed by atoms with Crippen LogP contribution in [0.3, 0.4) is 0 Å². The van der Waals surface area contributed by atoms with Gasteiger partial charge < -0.3 is 14.7 Å². The van der Waals surface area contributed by atoms with Gasteiger partial charge in [0.15, 0.2) is 6.17 Å². The third-order valence-electron chi connectivity index (χ3n) is 4.25. The van der Waals surface area contributed by atoms with Gasteiger partial charge in [-0.1, -0.05) is 30.3 Å². The number of hydrogen-bond acceptors (Lipinski definition) is 3. The molecule has 110 valence electrons. The van der Waals surface area contributed by atoms with E-state index >= 15 is 0 Å². The first kappa shape index (κ1) is 15.0. The third kappa shape index (κ3) is 3.00. The van der Waals surface area contributed by atoms with E-state index in [0.29, 0.717) is 17.6 Å². The number of nitrogens with zero attached hydrogens (tertiary/aromatic N) is 2. The van der Waals surface area contributed by atoms with E-state index in [0.717, 1.165) is 13.1 Å². The van der Waals surface area contributed by atoms with Crippen LogP contribution in [0.25, 0.3) is 0 Å². The first-order valence-corrected chi connectivity index (χ1v) is 7.03. The predicted octanol–water partition coefficient (Wildman–Crippen LogP) is 0.914. The molecule has 1 aromatic carbocycles. The summed E-state index contributed by atoms with van der Waals surface area (Å²) in [7, 11) is 2.07. The minimum atomic E-state index is -0.776. The van der Waals surface area contributed by atoms with E-state index < -0.39 is 5.97 Å². The number of aliphatic hydroxyl groups excluding tert-OH is 1. The summed E-state index contributed by atoms with van der Waals surface area (Å²) >= 11 is 0. The van der Waals surface area contributed by atoms with Crippen LogP contribution in [-0.4, -0.2) is 65.4 Å². The first-order chi connectivity index (χ1) is 9.59. The Labute approximate surface area is 119 Å². The van der Waals surface area contributed by atoms with E-state index in [1.807, 2.05) is 18.2 Å². The van der Waals surface area contributed by atoms with Gasteiger partial charge in [0.05, 0.1) is 32.7 Å². The molecule has 0 amide bonds. The van der Waals surface area contributed by atoms with Gasteiger partial charge in [-0.15, -0.1) is 0 Å². The van der Waals surface area contributed by atoms with Crippen molar-refractivity contribution in [2.24, 2.45) is 0 Å². The number of aliphatic carboxylic acids is 1. The van der Waals surface area contributed by atoms with Crippen molar-refractivity contribution in [1.82, 2.24) is 4.90 Å². The van der Waals surface area contributed by atoms with Crippen molar-refractivity contribution >= 4 is 5.97 Å². The lowest BCUT2D eigenvalue weighted by Gasteiger charge is -2.40. The van der Waals surface area contributed by atoms with Gasteiger partial charge in [0.2, 0.25) is 0 Å². The molecule has 1 fully saturated rings. The summed E-state index contributed by atoms with van der Waals surface area (Å²) in [4.78, 5) is 13.2. The van der Waals surface area contributed by atoms with Crippen molar-refractivity contribution in [2.75, 3.05) is 39.8 Å². The number of likely N-dealkylation sites (N-methyl/N-ethyl adjacent to an activating group) is 1. The average molecular weight is 279 g/mol. The van der Waals surface area contributed by atoms with E-state index in [-0.39, 0.29) is 19.2 Å². The third-order valence-corrected chi connectivity index (χ3v) is 4.25. The van der Waals surface area contributed by atoms with Gasteiger partial charge in [-0.25, -0.2) is 4.90 Å². The van der Waals surface area contributed by atoms with Crippen LogP contribution in [0.4, 0.5) is 0 Å². The van der Waals surface area contributed by atoms with E-state index in [2.05, 4.69) is 24.1 Å². The highest BCUT2D eigenvalue weighted by molar-refractivity contribution is 5.66. The van der Waals surface area contributed by atoms with Crippen molar-refractivity contribution in [3.8, 4) is 0 Å². The number of rotatable bonds is 6. The molecule has 1 aliphatic rings. The Morgan fingerprint density at radius 1 is 1.35 bits per heavy atom. The van der Waals surface area contributed by atoms with Crippen molar-refractivity contribution in [1.29, 1.82) is 0 Å². The Bertz CT molecular complexity index is 448. The number of aliphatic hydroxyl groups is 1. The number of carbonyl (C=O) groups is 1. The lowest BCUT2D eigenvalue weighted by atomic mass is 10.1. The second-order valence-corrected chi connectivity index (χ2v) is 5.52. The van der Waals surface area contributed by atoms with E-state index in [4.69, 9.17) is 5.11 Å². The van der Waals surface area contributed by atoms with Gasteiger partial charge >= 0.3 is 5.97 Å². The lowest BCUT2D eigenvalue weighted by Crippen LogP contribution is -2.52. The minimum Gasteiger partial charge on any atom is -0.481 e. The molecule has 1 saturated heterocycles. The second kappa shape index (κ2) is 6.35. The molecule has 0 bridgehead atoms. The van der Waals surface area contributed by atoms with Crippen molar-refractivity contribution in [3.63, 3.8) is 0 Å². The fourth-order valence-electron chi connectivity index (χ4n) is 3.31. The molecular formula is C15H23N2O3+. The van der Waals surface area contributed by atoms with Gasteiger partial charge in [-0.05, 0) is 7.05 Å². The SMILES string of the molecule is CN1CC[N+](CCO)(CCC(=O)O)C1c1ccccc1. The molecule has 0 radical (unpaired) electrons. The smallest absolute Gasteiger partial charge is 0.309 e. The van der Waals surface area contributed by atoms with Crippen molar-refractivity contribution in [3.05, 3.63) is 35.9 Å². The monoisotopic (exact) mass is 279 g/mol. The molecule has 5 nitrogen and oxygen atoms in total. The van der Waals surface area contributed by atoms with Crippen molar-refractivity contribution < 1.29 is 19.5 Å². The number of benzene rings is 1. The van der Waals surface area contributed by atoms with Gasteiger partial charge in [-0.3, -0.25) is 4.79 Å². The maximum absolute atomic E-state index is 10.9. The van der Waals surface area contributed by atoms with Crippen LogP contribution in [-0.2, 0) is 4.79 Å². The zero-order chi connectivity index (χ0) is 14.6. The van der Waals surface area contributed by atoms with Crippen LogP contribution >= 0.6 is 0 Å². The molecule has 2 rings (SSSR count). The maximum Gasteiger partial charge on any atom is 0.309 e. The molecule has 0 aromatic heterocycles. The highest BCUT2D eigenvalue weighted by atomic mass is 16.4. The molecular weight excluding hydrogens is 256 g/mol. The summed E-state index contributed by atoms with van der Waals surface area (Å²) in [6.07, 6.45) is 0.264. The summed E-state index contributed by atoms with van der Waals surface area (Å²) in [6.45, 7) is 3.02. The number of hydrogen-bond donors (Lipinski definition) is 2. The summed E-state index contributed by atoms with van der Waals surface area (Å²) in [5, 5.41) is 18.4. The molecule has 1 heterocycles. The molecule has 1 aromatic rings. The summed E-state index contributed by atoms with van der Waals surface area (Å²) in [5.74, 6) is -0.776. The Morgan fingerprint density at radius 3 is 2.65 bits per heavy atom. The second-order valence-electron chi connectivity index (χ2n) is 5.52. The molecule has 0 spiro atoms. The highest BCUT2D eigenvalue weighted by Crippen LogP contribution is 2.36. The standard InChI is InChI=1S/C15H22N2O3/c1-16-8-10-17(11-12-18,9-7-14(19)20)15(16)13-5-3-2-4-6-13/h2-6,15,18H,7-12H2,1H3/p+1. The fraction of sp³-hybridized carbons (Fsp3) is 0.533. The molecule has 1 aliphatic heterocycles.